The van der Waals surface area contributed by atoms with Gasteiger partial charge in [-0.3, -0.25) is 0 Å². The zero-order valence-electron chi connectivity index (χ0n) is 13.9. The summed E-state index contributed by atoms with van der Waals surface area (Å²) in [6.45, 7) is 2.43. The van der Waals surface area contributed by atoms with Crippen LogP contribution in [-0.2, 0) is 9.53 Å². The third-order valence-electron chi connectivity index (χ3n) is 4.32. The van der Waals surface area contributed by atoms with E-state index in [0.29, 0.717) is 6.61 Å². The van der Waals surface area contributed by atoms with Crippen molar-refractivity contribution in [2.45, 2.75) is 12.8 Å². The average Bonchev–Trinajstić information content (AvgIpc) is 3.28. The second kappa shape index (κ2) is 6.84. The topological polar surface area (TPSA) is 44.8 Å². The van der Waals surface area contributed by atoms with Crippen LogP contribution in [0.4, 0.5) is 0 Å². The van der Waals surface area contributed by atoms with Gasteiger partial charge in [0.05, 0.1) is 12.2 Å². The summed E-state index contributed by atoms with van der Waals surface area (Å²) in [7, 11) is 0. The first kappa shape index (κ1) is 16.1. The second-order valence-electron chi connectivity index (χ2n) is 5.81. The molecule has 0 saturated heterocycles. The molecule has 4 rings (SSSR count). The van der Waals surface area contributed by atoms with Crippen LogP contribution in [0.15, 0.2) is 54.1 Å². The molecule has 1 atom stereocenters. The molecule has 2 aromatic carbocycles. The third-order valence-corrected chi connectivity index (χ3v) is 5.56. The Balaban J connectivity index is 1.78. The van der Waals surface area contributed by atoms with E-state index < -0.39 is 0 Å². The van der Waals surface area contributed by atoms with Gasteiger partial charge in [-0.15, -0.1) is 11.8 Å². The van der Waals surface area contributed by atoms with E-state index in [1.807, 2.05) is 43.3 Å². The first-order chi connectivity index (χ1) is 12.3. The molecule has 0 N–H and O–H groups in total. The number of esters is 1. The van der Waals surface area contributed by atoms with Crippen LogP contribution < -0.4 is 9.47 Å². The average molecular weight is 354 g/mol. The third kappa shape index (κ3) is 3.00. The normalized spacial score (nSPS) is 18.5. The van der Waals surface area contributed by atoms with Crippen LogP contribution in [0.3, 0.4) is 0 Å². The van der Waals surface area contributed by atoms with Gasteiger partial charge in [-0.25, -0.2) is 4.79 Å². The zero-order valence-corrected chi connectivity index (χ0v) is 14.7. The number of carbonyl (C=O) groups is 1. The lowest BCUT2D eigenvalue weighted by molar-refractivity contribution is -0.138. The molecule has 5 heteroatoms. The fourth-order valence-corrected chi connectivity index (χ4v) is 4.52. The first-order valence-corrected chi connectivity index (χ1v) is 9.25. The minimum atomic E-state index is -0.242. The van der Waals surface area contributed by atoms with E-state index in [4.69, 9.17) is 14.2 Å². The molecule has 0 bridgehead atoms. The summed E-state index contributed by atoms with van der Waals surface area (Å²) in [5, 5.41) is 0. The maximum atomic E-state index is 12.7. The van der Waals surface area contributed by atoms with Gasteiger partial charge < -0.3 is 14.2 Å². The Morgan fingerprint density at radius 2 is 1.96 bits per heavy atom. The molecule has 0 aliphatic carbocycles. The van der Waals surface area contributed by atoms with Crippen LogP contribution in [0.25, 0.3) is 4.91 Å². The van der Waals surface area contributed by atoms with Crippen molar-refractivity contribution >= 4 is 22.6 Å². The molecule has 0 radical (unpaired) electrons. The molecule has 1 unspecified atom stereocenters. The quantitative estimate of drug-likeness (QED) is 0.769. The summed E-state index contributed by atoms with van der Waals surface area (Å²) in [6, 6.07) is 15.9. The number of fused-ring (bicyclic) bond motifs is 1. The van der Waals surface area contributed by atoms with E-state index in [1.54, 1.807) is 11.8 Å². The summed E-state index contributed by atoms with van der Waals surface area (Å²) in [4.78, 5) is 13.7. The van der Waals surface area contributed by atoms with Crippen LogP contribution >= 0.6 is 11.8 Å². The molecule has 2 aliphatic rings. The highest BCUT2D eigenvalue weighted by Gasteiger charge is 2.34. The molecule has 128 valence electrons. The summed E-state index contributed by atoms with van der Waals surface area (Å²) in [5.41, 5.74) is 2.83. The number of benzene rings is 2. The SMILES string of the molecule is CCOC(=O)C1=C(c2ccc3c(c2)OCO3)SCC1c1ccccc1. The number of rotatable bonds is 4. The van der Waals surface area contributed by atoms with Crippen LogP contribution in [0, 0.1) is 0 Å². The van der Waals surface area contributed by atoms with Gasteiger partial charge in [0.2, 0.25) is 6.79 Å². The maximum Gasteiger partial charge on any atom is 0.335 e. The highest BCUT2D eigenvalue weighted by molar-refractivity contribution is 8.08. The molecule has 0 spiro atoms. The predicted molar refractivity (Wildman–Crippen MR) is 97.8 cm³/mol. The molecule has 4 nitrogen and oxygen atoms in total. The molecule has 0 amide bonds. The summed E-state index contributed by atoms with van der Waals surface area (Å²) < 4.78 is 16.2. The number of thioether (sulfide) groups is 1. The Kier molecular flexibility index (Phi) is 4.40. The monoisotopic (exact) mass is 354 g/mol. The van der Waals surface area contributed by atoms with Crippen LogP contribution in [0.2, 0.25) is 0 Å². The van der Waals surface area contributed by atoms with Crippen molar-refractivity contribution in [1.82, 2.24) is 0 Å². The fraction of sp³-hybridized carbons (Fsp3) is 0.250. The van der Waals surface area contributed by atoms with Crippen LogP contribution in [0.1, 0.15) is 24.0 Å². The Hall–Kier alpha value is -2.40. The largest absolute Gasteiger partial charge is 0.463 e. The lowest BCUT2D eigenvalue weighted by Gasteiger charge is -2.14. The Labute approximate surface area is 150 Å². The maximum absolute atomic E-state index is 12.7. The summed E-state index contributed by atoms with van der Waals surface area (Å²) >= 11 is 1.69. The Morgan fingerprint density at radius 1 is 1.16 bits per heavy atom. The van der Waals surface area contributed by atoms with E-state index in [9.17, 15) is 4.79 Å². The number of carbonyl (C=O) groups excluding carboxylic acids is 1. The molecular formula is C20H18O4S. The van der Waals surface area contributed by atoms with Crippen molar-refractivity contribution in [3.05, 3.63) is 65.2 Å². The molecule has 2 aliphatic heterocycles. The van der Waals surface area contributed by atoms with E-state index in [-0.39, 0.29) is 18.7 Å². The number of hydrogen-bond donors (Lipinski definition) is 0. The van der Waals surface area contributed by atoms with E-state index in [2.05, 4.69) is 12.1 Å². The van der Waals surface area contributed by atoms with Crippen molar-refractivity contribution in [2.24, 2.45) is 0 Å². The summed E-state index contributed by atoms with van der Waals surface area (Å²) in [6.07, 6.45) is 0. The minimum Gasteiger partial charge on any atom is -0.463 e. The van der Waals surface area contributed by atoms with Crippen LogP contribution in [-0.4, -0.2) is 25.1 Å². The summed E-state index contributed by atoms with van der Waals surface area (Å²) in [5.74, 6) is 2.07. The first-order valence-electron chi connectivity index (χ1n) is 8.27. The molecule has 2 heterocycles. The molecule has 0 aromatic heterocycles. The smallest absolute Gasteiger partial charge is 0.335 e. The van der Waals surface area contributed by atoms with E-state index >= 15 is 0 Å². The van der Waals surface area contributed by atoms with E-state index in [1.165, 1.54) is 0 Å². The Bertz CT molecular complexity index is 829. The molecule has 0 saturated carbocycles. The lowest BCUT2D eigenvalue weighted by atomic mass is 9.91. The Morgan fingerprint density at radius 3 is 2.76 bits per heavy atom. The minimum absolute atomic E-state index is 0.0330. The van der Waals surface area contributed by atoms with Gasteiger partial charge in [0.1, 0.15) is 0 Å². The lowest BCUT2D eigenvalue weighted by Crippen LogP contribution is -2.14. The van der Waals surface area contributed by atoms with Crippen LogP contribution in [0.5, 0.6) is 11.5 Å². The van der Waals surface area contributed by atoms with Gasteiger partial charge >= 0.3 is 5.97 Å². The number of ether oxygens (including phenoxy) is 3. The van der Waals surface area contributed by atoms with Gasteiger partial charge in [-0.1, -0.05) is 30.3 Å². The van der Waals surface area contributed by atoms with Gasteiger partial charge in [0.15, 0.2) is 11.5 Å². The predicted octanol–water partition coefficient (Wildman–Crippen LogP) is 4.22. The molecule has 0 fully saturated rings. The van der Waals surface area contributed by atoms with Gasteiger partial charge in [-0.2, -0.15) is 0 Å². The van der Waals surface area contributed by atoms with Crippen molar-refractivity contribution < 1.29 is 19.0 Å². The number of hydrogen-bond acceptors (Lipinski definition) is 5. The highest BCUT2D eigenvalue weighted by atomic mass is 32.2. The van der Waals surface area contributed by atoms with Crippen molar-refractivity contribution in [3.63, 3.8) is 0 Å². The second-order valence-corrected chi connectivity index (χ2v) is 6.84. The van der Waals surface area contributed by atoms with Crippen molar-refractivity contribution in [3.8, 4) is 11.5 Å². The van der Waals surface area contributed by atoms with Gasteiger partial charge in [-0.05, 0) is 36.2 Å². The molecular weight excluding hydrogens is 336 g/mol. The standard InChI is InChI=1S/C20H18O4S/c1-2-22-20(21)18-15(13-6-4-3-5-7-13)11-25-19(18)14-8-9-16-17(10-14)24-12-23-16/h3-10,15H,2,11-12H2,1H3. The van der Waals surface area contributed by atoms with Crippen molar-refractivity contribution in [2.75, 3.05) is 19.2 Å². The molecule has 25 heavy (non-hydrogen) atoms. The zero-order chi connectivity index (χ0) is 17.2. The molecule has 2 aromatic rings. The van der Waals surface area contributed by atoms with E-state index in [0.717, 1.165) is 38.9 Å². The van der Waals surface area contributed by atoms with Gasteiger partial charge in [0, 0.05) is 16.6 Å². The fourth-order valence-electron chi connectivity index (χ4n) is 3.15. The van der Waals surface area contributed by atoms with Crippen molar-refractivity contribution in [1.29, 1.82) is 0 Å². The highest BCUT2D eigenvalue weighted by Crippen LogP contribution is 2.48. The van der Waals surface area contributed by atoms with Gasteiger partial charge in [0.25, 0.3) is 0 Å².